The van der Waals surface area contributed by atoms with Gasteiger partial charge in [-0.1, -0.05) is 88.1 Å². The molecule has 2 rings (SSSR count). The number of rotatable bonds is 6. The third-order valence-electron chi connectivity index (χ3n) is 4.08. The van der Waals surface area contributed by atoms with Crippen LogP contribution in [0.25, 0.3) is 6.08 Å². The minimum absolute atomic E-state index is 0. The van der Waals surface area contributed by atoms with Crippen molar-refractivity contribution in [2.75, 3.05) is 18.5 Å². The SMILES string of the molecule is C=CC=Cc1ccccc1.CCP(CC)(CC)=NC1=CC=CC1.[Ti]. The molecule has 1 aliphatic carbocycles. The van der Waals surface area contributed by atoms with E-state index < -0.39 is 7.05 Å². The molecule has 1 aliphatic rings. The Morgan fingerprint density at radius 1 is 1.08 bits per heavy atom. The summed E-state index contributed by atoms with van der Waals surface area (Å²) in [6.07, 6.45) is 17.0. The van der Waals surface area contributed by atoms with Gasteiger partial charge in [0, 0.05) is 33.8 Å². The molecule has 0 unspecified atom stereocenters. The fourth-order valence-corrected chi connectivity index (χ4v) is 4.87. The fraction of sp³-hybridized carbons (Fsp3) is 0.333. The third-order valence-corrected chi connectivity index (χ3v) is 8.30. The Balaban J connectivity index is 0.000000436. The third kappa shape index (κ3) is 8.29. The van der Waals surface area contributed by atoms with Gasteiger partial charge in [-0.3, -0.25) is 4.74 Å². The van der Waals surface area contributed by atoms with Crippen molar-refractivity contribution >= 4 is 13.1 Å². The van der Waals surface area contributed by atoms with Gasteiger partial charge in [0.25, 0.3) is 0 Å². The molecule has 128 valence electrons. The number of hydrogen-bond acceptors (Lipinski definition) is 1. The first-order valence-corrected chi connectivity index (χ1v) is 10.8. The van der Waals surface area contributed by atoms with Gasteiger partial charge in [0.2, 0.25) is 0 Å². The molecule has 0 radical (unpaired) electrons. The molecular weight excluding hydrogens is 345 g/mol. The zero-order chi connectivity index (χ0) is 17.0. The van der Waals surface area contributed by atoms with Crippen LogP contribution in [-0.4, -0.2) is 18.5 Å². The molecule has 1 aromatic rings. The van der Waals surface area contributed by atoms with Crippen LogP contribution in [0.2, 0.25) is 0 Å². The van der Waals surface area contributed by atoms with Crippen LogP contribution in [0, 0.1) is 0 Å². The molecule has 0 amide bonds. The van der Waals surface area contributed by atoms with E-state index in [4.69, 9.17) is 4.74 Å². The van der Waals surface area contributed by atoms with Crippen molar-refractivity contribution in [3.05, 3.63) is 78.6 Å². The summed E-state index contributed by atoms with van der Waals surface area (Å²) in [4.78, 5) is 0. The molecule has 0 fully saturated rings. The van der Waals surface area contributed by atoms with Gasteiger partial charge in [-0.2, -0.15) is 0 Å². The minimum Gasteiger partial charge on any atom is -0.272 e. The van der Waals surface area contributed by atoms with Crippen LogP contribution >= 0.6 is 7.05 Å². The molecule has 1 aromatic carbocycles. The summed E-state index contributed by atoms with van der Waals surface area (Å²) in [7, 11) is -0.971. The van der Waals surface area contributed by atoms with Crippen molar-refractivity contribution in [3.8, 4) is 0 Å². The van der Waals surface area contributed by atoms with Crippen LogP contribution in [0.4, 0.5) is 0 Å². The van der Waals surface area contributed by atoms with Crippen LogP contribution in [0.3, 0.4) is 0 Å². The predicted molar refractivity (Wildman–Crippen MR) is 108 cm³/mol. The number of benzene rings is 1. The van der Waals surface area contributed by atoms with E-state index in [1.807, 2.05) is 30.4 Å². The Hall–Kier alpha value is -0.876. The second-order valence-corrected chi connectivity index (χ2v) is 9.73. The van der Waals surface area contributed by atoms with Gasteiger partial charge in [0.1, 0.15) is 0 Å². The molecule has 3 heteroatoms. The molecule has 0 aliphatic heterocycles. The van der Waals surface area contributed by atoms with Crippen molar-refractivity contribution in [1.82, 2.24) is 0 Å². The summed E-state index contributed by atoms with van der Waals surface area (Å²) in [6, 6.07) is 10.1. The maximum absolute atomic E-state index is 4.97. The van der Waals surface area contributed by atoms with Crippen molar-refractivity contribution < 1.29 is 21.7 Å². The van der Waals surface area contributed by atoms with Crippen molar-refractivity contribution in [1.29, 1.82) is 0 Å². The fourth-order valence-electron chi connectivity index (χ4n) is 2.41. The van der Waals surface area contributed by atoms with Gasteiger partial charge in [-0.25, -0.2) is 0 Å². The van der Waals surface area contributed by atoms with Gasteiger partial charge in [0.15, 0.2) is 0 Å². The average molecular weight is 375 g/mol. The second kappa shape index (κ2) is 13.4. The molecule has 0 saturated heterocycles. The van der Waals surface area contributed by atoms with Gasteiger partial charge >= 0.3 is 0 Å². The summed E-state index contributed by atoms with van der Waals surface area (Å²) >= 11 is 0. The van der Waals surface area contributed by atoms with Crippen molar-refractivity contribution in [3.63, 3.8) is 0 Å². The van der Waals surface area contributed by atoms with E-state index in [1.165, 1.54) is 29.7 Å². The number of allylic oxidation sites excluding steroid dienone is 5. The van der Waals surface area contributed by atoms with E-state index >= 15 is 0 Å². The molecule has 1 nitrogen and oxygen atoms in total. The Bertz CT molecular complexity index is 593. The van der Waals surface area contributed by atoms with Crippen LogP contribution in [0.15, 0.2) is 77.7 Å². The number of hydrogen-bond donors (Lipinski definition) is 0. The molecule has 0 aromatic heterocycles. The van der Waals surface area contributed by atoms with Gasteiger partial charge in [-0.15, -0.1) is 0 Å². The summed E-state index contributed by atoms with van der Waals surface area (Å²) in [6.45, 7) is 10.4. The van der Waals surface area contributed by atoms with E-state index in [-0.39, 0.29) is 21.7 Å². The summed E-state index contributed by atoms with van der Waals surface area (Å²) < 4.78 is 4.97. The molecule has 24 heavy (non-hydrogen) atoms. The molecule has 0 bridgehead atoms. The smallest absolute Gasteiger partial charge is 0.0425 e. The van der Waals surface area contributed by atoms with Gasteiger partial charge in [-0.05, 0) is 37.2 Å². The number of nitrogens with zero attached hydrogens (tertiary/aromatic N) is 1. The molecule has 0 atom stereocenters. The van der Waals surface area contributed by atoms with E-state index in [9.17, 15) is 0 Å². The first-order chi connectivity index (χ1) is 11.2. The Kier molecular flexibility index (Phi) is 12.9. The summed E-state index contributed by atoms with van der Waals surface area (Å²) in [5.74, 6) is 0. The standard InChI is InChI=1S/C11H20NP.C10H10.Ti/c1-4-13(5-2,6-3)12-11-9-7-8-10-11;1-2-3-7-10-8-5-4-6-9-10;/h7-9H,4-6,10H2,1-3H3;2-9H,1H2;. The zero-order valence-electron chi connectivity index (χ0n) is 15.3. The second-order valence-electron chi connectivity index (χ2n) is 5.44. The Labute approximate surface area is 163 Å². The predicted octanol–water partition coefficient (Wildman–Crippen LogP) is 6.97. The van der Waals surface area contributed by atoms with Gasteiger partial charge < -0.3 is 0 Å². The van der Waals surface area contributed by atoms with E-state index in [0.717, 1.165) is 6.42 Å². The zero-order valence-corrected chi connectivity index (χ0v) is 17.7. The van der Waals surface area contributed by atoms with Gasteiger partial charge in [0.05, 0.1) is 0 Å². The first kappa shape index (κ1) is 23.1. The van der Waals surface area contributed by atoms with Crippen LogP contribution < -0.4 is 0 Å². The normalized spacial score (nSPS) is 12.9. The molecule has 0 saturated carbocycles. The van der Waals surface area contributed by atoms with Crippen molar-refractivity contribution in [2.45, 2.75) is 27.2 Å². The van der Waals surface area contributed by atoms with E-state index in [0.29, 0.717) is 0 Å². The Morgan fingerprint density at radius 2 is 1.71 bits per heavy atom. The quantitative estimate of drug-likeness (QED) is 0.289. The summed E-state index contributed by atoms with van der Waals surface area (Å²) in [5, 5.41) is 0. The van der Waals surface area contributed by atoms with E-state index in [2.05, 4.69) is 57.7 Å². The van der Waals surface area contributed by atoms with Crippen LogP contribution in [-0.2, 0) is 21.7 Å². The maximum Gasteiger partial charge on any atom is 0.0425 e. The summed E-state index contributed by atoms with van der Waals surface area (Å²) in [5.41, 5.74) is 2.52. The van der Waals surface area contributed by atoms with Crippen LogP contribution in [0.1, 0.15) is 32.8 Å². The van der Waals surface area contributed by atoms with E-state index in [1.54, 1.807) is 6.08 Å². The largest absolute Gasteiger partial charge is 0.272 e. The van der Waals surface area contributed by atoms with Crippen molar-refractivity contribution in [2.24, 2.45) is 4.74 Å². The maximum atomic E-state index is 4.97. The first-order valence-electron chi connectivity index (χ1n) is 8.49. The average Bonchev–Trinajstić information content (AvgIpc) is 3.12. The molecular formula is C21H30NPTi. The molecule has 0 spiro atoms. The van der Waals surface area contributed by atoms with Crippen LogP contribution in [0.5, 0.6) is 0 Å². The monoisotopic (exact) mass is 375 g/mol. The topological polar surface area (TPSA) is 12.4 Å². The molecule has 0 N–H and O–H groups in total. The minimum atomic E-state index is -0.971. The molecule has 0 heterocycles. The Morgan fingerprint density at radius 3 is 2.17 bits per heavy atom.